The van der Waals surface area contributed by atoms with Crippen LogP contribution in [0.1, 0.15) is 19.3 Å². The van der Waals surface area contributed by atoms with E-state index in [9.17, 15) is 4.79 Å². The summed E-state index contributed by atoms with van der Waals surface area (Å²) < 4.78 is 0. The van der Waals surface area contributed by atoms with Gasteiger partial charge in [-0.25, -0.2) is 0 Å². The molecule has 1 fully saturated rings. The topological polar surface area (TPSA) is 69.1 Å². The lowest BCUT2D eigenvalue weighted by molar-refractivity contribution is -0.123. The first-order valence-electron chi connectivity index (χ1n) is 4.05. The van der Waals surface area contributed by atoms with E-state index < -0.39 is 0 Å². The summed E-state index contributed by atoms with van der Waals surface area (Å²) in [5.74, 6) is -0.347. The zero-order valence-electron chi connectivity index (χ0n) is 7.10. The van der Waals surface area contributed by atoms with E-state index in [2.05, 4.69) is 10.0 Å². The molecule has 5 nitrogen and oxygen atoms in total. The van der Waals surface area contributed by atoms with Crippen LogP contribution in [0.4, 0.5) is 0 Å². The number of azide groups is 1. The third kappa shape index (κ3) is 1.96. The lowest BCUT2D eigenvalue weighted by Gasteiger charge is -2.29. The molecule has 1 saturated heterocycles. The minimum atomic E-state index is -0.347. The maximum atomic E-state index is 11.1. The minimum Gasteiger partial charge on any atom is -0.296 e. The van der Waals surface area contributed by atoms with Crippen molar-refractivity contribution in [3.05, 3.63) is 10.4 Å². The lowest BCUT2D eigenvalue weighted by Crippen LogP contribution is -2.41. The van der Waals surface area contributed by atoms with Gasteiger partial charge in [0.15, 0.2) is 0 Å². The van der Waals surface area contributed by atoms with Gasteiger partial charge in [0.1, 0.15) is 0 Å². The van der Waals surface area contributed by atoms with Crippen molar-refractivity contribution in [1.29, 1.82) is 0 Å². The molecular formula is C7H12N4O. The fraction of sp³-hybridized carbons (Fsp3) is 0.857. The molecule has 0 aliphatic carbocycles. The summed E-state index contributed by atoms with van der Waals surface area (Å²) in [6.07, 6.45) is 2.98. The van der Waals surface area contributed by atoms with Crippen LogP contribution < -0.4 is 0 Å². The number of carbonyl (C=O) groups excluding carboxylic acids is 1. The van der Waals surface area contributed by atoms with Crippen molar-refractivity contribution in [2.45, 2.75) is 25.3 Å². The molecule has 0 saturated carbocycles. The molecular weight excluding hydrogens is 156 g/mol. The molecule has 1 rings (SSSR count). The van der Waals surface area contributed by atoms with Crippen molar-refractivity contribution >= 4 is 5.91 Å². The van der Waals surface area contributed by atoms with E-state index in [1.54, 1.807) is 0 Å². The number of amides is 1. The number of likely N-dealkylation sites (N-methyl/N-ethyl adjacent to an activating group) is 1. The van der Waals surface area contributed by atoms with Crippen molar-refractivity contribution in [3.8, 4) is 0 Å². The summed E-state index contributed by atoms with van der Waals surface area (Å²) in [6, 6.07) is -0.186. The van der Waals surface area contributed by atoms with Crippen molar-refractivity contribution in [2.75, 3.05) is 13.6 Å². The molecule has 1 aliphatic rings. The van der Waals surface area contributed by atoms with Crippen LogP contribution in [-0.4, -0.2) is 30.4 Å². The normalized spacial score (nSPS) is 24.6. The van der Waals surface area contributed by atoms with Crippen LogP contribution >= 0.6 is 0 Å². The second-order valence-corrected chi connectivity index (χ2v) is 3.02. The van der Waals surface area contributed by atoms with Gasteiger partial charge in [0.05, 0.1) is 6.04 Å². The second kappa shape index (κ2) is 4.09. The Labute approximate surface area is 71.0 Å². The van der Waals surface area contributed by atoms with Crippen molar-refractivity contribution in [1.82, 2.24) is 4.90 Å². The summed E-state index contributed by atoms with van der Waals surface area (Å²) in [7, 11) is 1.88. The Kier molecular flexibility index (Phi) is 3.08. The van der Waals surface area contributed by atoms with Gasteiger partial charge >= 0.3 is 0 Å². The Hall–Kier alpha value is -1.06. The predicted octanol–water partition coefficient (Wildman–Crippen LogP) is 1.31. The quantitative estimate of drug-likeness (QED) is 0.336. The van der Waals surface area contributed by atoms with E-state index in [0.717, 1.165) is 25.8 Å². The summed E-state index contributed by atoms with van der Waals surface area (Å²) in [6.45, 7) is 0.914. The lowest BCUT2D eigenvalue weighted by atomic mass is 10.0. The maximum absolute atomic E-state index is 11.1. The van der Waals surface area contributed by atoms with Gasteiger partial charge in [0.25, 0.3) is 0 Å². The molecule has 1 unspecified atom stereocenters. The minimum absolute atomic E-state index is 0.186. The maximum Gasteiger partial charge on any atom is 0.235 e. The average molecular weight is 168 g/mol. The molecule has 1 atom stereocenters. The highest BCUT2D eigenvalue weighted by Gasteiger charge is 2.24. The highest BCUT2D eigenvalue weighted by molar-refractivity contribution is 5.82. The first-order chi connectivity index (χ1) is 5.75. The summed E-state index contributed by atoms with van der Waals surface area (Å²) in [5, 5.41) is 3.10. The summed E-state index contributed by atoms with van der Waals surface area (Å²) in [5.41, 5.74) is 8.07. The number of hydrogen-bond acceptors (Lipinski definition) is 2. The molecule has 12 heavy (non-hydrogen) atoms. The van der Waals surface area contributed by atoms with Crippen molar-refractivity contribution in [2.24, 2.45) is 5.11 Å². The number of nitrogens with zero attached hydrogens (tertiary/aromatic N) is 4. The molecule has 1 aliphatic heterocycles. The predicted molar refractivity (Wildman–Crippen MR) is 44.4 cm³/mol. The first-order valence-corrected chi connectivity index (χ1v) is 4.05. The van der Waals surface area contributed by atoms with Crippen molar-refractivity contribution in [3.63, 3.8) is 0 Å². The van der Waals surface area contributed by atoms with E-state index >= 15 is 0 Å². The van der Waals surface area contributed by atoms with Gasteiger partial charge in [0, 0.05) is 4.91 Å². The van der Waals surface area contributed by atoms with Gasteiger partial charge in [0.2, 0.25) is 5.91 Å². The Morgan fingerprint density at radius 3 is 3.00 bits per heavy atom. The highest BCUT2D eigenvalue weighted by atomic mass is 16.2. The van der Waals surface area contributed by atoms with Crippen LogP contribution in [0.5, 0.6) is 0 Å². The molecule has 0 aromatic carbocycles. The smallest absolute Gasteiger partial charge is 0.235 e. The van der Waals surface area contributed by atoms with Crippen molar-refractivity contribution < 1.29 is 4.79 Å². The molecule has 0 radical (unpaired) electrons. The molecule has 1 heterocycles. The SMILES string of the molecule is CN1CCCCC1C(=O)N=[N+]=[N-]. The molecule has 0 aromatic heterocycles. The van der Waals surface area contributed by atoms with Crippen LogP contribution in [0.15, 0.2) is 5.11 Å². The highest BCUT2D eigenvalue weighted by Crippen LogP contribution is 2.15. The fourth-order valence-corrected chi connectivity index (χ4v) is 1.50. The van der Waals surface area contributed by atoms with E-state index in [1.807, 2.05) is 11.9 Å². The second-order valence-electron chi connectivity index (χ2n) is 3.02. The number of hydrogen-bond donors (Lipinski definition) is 0. The molecule has 5 heteroatoms. The van der Waals surface area contributed by atoms with Gasteiger partial charge in [-0.3, -0.25) is 9.69 Å². The Morgan fingerprint density at radius 1 is 1.67 bits per heavy atom. The van der Waals surface area contributed by atoms with Gasteiger partial charge in [-0.1, -0.05) is 6.42 Å². The van der Waals surface area contributed by atoms with E-state index in [-0.39, 0.29) is 11.9 Å². The molecule has 0 aromatic rings. The largest absolute Gasteiger partial charge is 0.296 e. The molecule has 0 spiro atoms. The van der Waals surface area contributed by atoms with Crippen LogP contribution in [-0.2, 0) is 4.79 Å². The van der Waals surface area contributed by atoms with Gasteiger partial charge in [-0.05, 0) is 37.1 Å². The molecule has 0 bridgehead atoms. The average Bonchev–Trinajstić information content (AvgIpc) is 2.05. The van der Waals surface area contributed by atoms with Gasteiger partial charge in [-0.15, -0.1) is 0 Å². The number of piperidine rings is 1. The summed E-state index contributed by atoms with van der Waals surface area (Å²) in [4.78, 5) is 15.6. The Bertz CT molecular complexity index is 221. The van der Waals surface area contributed by atoms with Crippen LogP contribution in [0, 0.1) is 0 Å². The van der Waals surface area contributed by atoms with Gasteiger partial charge < -0.3 is 0 Å². The third-order valence-electron chi connectivity index (χ3n) is 2.20. The van der Waals surface area contributed by atoms with E-state index in [0.29, 0.717) is 0 Å². The zero-order valence-corrected chi connectivity index (χ0v) is 7.10. The zero-order chi connectivity index (χ0) is 8.97. The summed E-state index contributed by atoms with van der Waals surface area (Å²) >= 11 is 0. The number of carbonyl (C=O) groups is 1. The standard InChI is InChI=1S/C7H12N4O/c1-11-5-3-2-4-6(11)7(12)9-10-8/h6H,2-5H2,1H3. The van der Waals surface area contributed by atoms with Crippen LogP contribution in [0.3, 0.4) is 0 Å². The molecule has 66 valence electrons. The third-order valence-corrected chi connectivity index (χ3v) is 2.20. The Morgan fingerprint density at radius 2 is 2.42 bits per heavy atom. The van der Waals surface area contributed by atoms with Crippen LogP contribution in [0.2, 0.25) is 0 Å². The first kappa shape index (κ1) is 9.03. The van der Waals surface area contributed by atoms with E-state index in [4.69, 9.17) is 5.53 Å². The fourth-order valence-electron chi connectivity index (χ4n) is 1.50. The monoisotopic (exact) mass is 168 g/mol. The van der Waals surface area contributed by atoms with Gasteiger partial charge in [-0.2, -0.15) is 0 Å². The van der Waals surface area contributed by atoms with E-state index in [1.165, 1.54) is 0 Å². The molecule has 0 N–H and O–H groups in total. The molecule has 1 amide bonds. The number of rotatable bonds is 1. The van der Waals surface area contributed by atoms with Crippen LogP contribution in [0.25, 0.3) is 10.4 Å². The Balaban J connectivity index is 2.59. The number of likely N-dealkylation sites (tertiary alicyclic amines) is 1.